The largest absolute Gasteiger partial charge is 0.325 e. The van der Waals surface area contributed by atoms with Crippen molar-refractivity contribution in [3.8, 4) is 0 Å². The number of hydrogen-bond donors (Lipinski definition) is 1. The Kier molecular flexibility index (Phi) is 6.61. The van der Waals surface area contributed by atoms with Crippen molar-refractivity contribution in [3.05, 3.63) is 75.6 Å². The van der Waals surface area contributed by atoms with Gasteiger partial charge in [-0.05, 0) is 25.5 Å². The third-order valence-corrected chi connectivity index (χ3v) is 5.30. The summed E-state index contributed by atoms with van der Waals surface area (Å²) in [7, 11) is 0. The van der Waals surface area contributed by atoms with Crippen LogP contribution in [0, 0.1) is 17.0 Å². The molecule has 0 saturated heterocycles. The maximum absolute atomic E-state index is 12.3. The van der Waals surface area contributed by atoms with Gasteiger partial charge < -0.3 is 9.88 Å². The molecule has 0 radical (unpaired) electrons. The highest BCUT2D eigenvalue weighted by Crippen LogP contribution is 2.23. The molecule has 3 aromatic rings. The number of benzene rings is 2. The van der Waals surface area contributed by atoms with Gasteiger partial charge in [-0.15, -0.1) is 10.2 Å². The Morgan fingerprint density at radius 1 is 1.21 bits per heavy atom. The number of anilines is 1. The van der Waals surface area contributed by atoms with Crippen molar-refractivity contribution in [2.24, 2.45) is 0 Å². The van der Waals surface area contributed by atoms with Gasteiger partial charge in [-0.3, -0.25) is 14.9 Å². The highest BCUT2D eigenvalue weighted by Gasteiger charge is 2.15. The van der Waals surface area contributed by atoms with Gasteiger partial charge in [0.1, 0.15) is 5.82 Å². The molecule has 0 aliphatic heterocycles. The van der Waals surface area contributed by atoms with E-state index in [9.17, 15) is 14.9 Å². The lowest BCUT2D eigenvalue weighted by Gasteiger charge is -2.08. The van der Waals surface area contributed by atoms with Crippen molar-refractivity contribution in [2.45, 2.75) is 32.0 Å². The fourth-order valence-electron chi connectivity index (χ4n) is 2.86. The molecule has 0 fully saturated rings. The number of nitro groups is 1. The lowest BCUT2D eigenvalue weighted by atomic mass is 10.1. The SMILES string of the molecule is CCn1c(Cc2ccccc2)nnc1SCC(=O)Nc1ccc(C)c([N+](=O)[O-])c1. The zero-order valence-electron chi connectivity index (χ0n) is 16.2. The number of hydrogen-bond acceptors (Lipinski definition) is 6. The Bertz CT molecular complexity index is 1020. The maximum Gasteiger partial charge on any atom is 0.274 e. The van der Waals surface area contributed by atoms with Crippen LogP contribution in [0.4, 0.5) is 11.4 Å². The molecular formula is C20H21N5O3S. The smallest absolute Gasteiger partial charge is 0.274 e. The molecule has 1 N–H and O–H groups in total. The summed E-state index contributed by atoms with van der Waals surface area (Å²) in [5.41, 5.74) is 2.07. The molecule has 1 amide bonds. The summed E-state index contributed by atoms with van der Waals surface area (Å²) in [6, 6.07) is 14.6. The molecule has 0 atom stereocenters. The van der Waals surface area contributed by atoms with Crippen molar-refractivity contribution in [1.29, 1.82) is 0 Å². The summed E-state index contributed by atoms with van der Waals surface area (Å²) in [5.74, 6) is 0.713. The van der Waals surface area contributed by atoms with Crippen LogP contribution < -0.4 is 5.32 Å². The summed E-state index contributed by atoms with van der Waals surface area (Å²) in [4.78, 5) is 22.9. The summed E-state index contributed by atoms with van der Waals surface area (Å²) < 4.78 is 1.99. The fourth-order valence-corrected chi connectivity index (χ4v) is 3.68. The van der Waals surface area contributed by atoms with Crippen molar-refractivity contribution >= 4 is 29.0 Å². The number of carbonyl (C=O) groups is 1. The van der Waals surface area contributed by atoms with Crippen LogP contribution in [0.2, 0.25) is 0 Å². The Labute approximate surface area is 172 Å². The lowest BCUT2D eigenvalue weighted by molar-refractivity contribution is -0.385. The molecule has 1 aromatic heterocycles. The average Bonchev–Trinajstić information content (AvgIpc) is 3.10. The van der Waals surface area contributed by atoms with E-state index in [-0.39, 0.29) is 17.3 Å². The van der Waals surface area contributed by atoms with Gasteiger partial charge in [0.25, 0.3) is 5.69 Å². The van der Waals surface area contributed by atoms with Crippen LogP contribution in [0.1, 0.15) is 23.9 Å². The third kappa shape index (κ3) is 5.20. The van der Waals surface area contributed by atoms with Crippen LogP contribution in [0.3, 0.4) is 0 Å². The van der Waals surface area contributed by atoms with Gasteiger partial charge >= 0.3 is 0 Å². The van der Waals surface area contributed by atoms with Crippen molar-refractivity contribution in [3.63, 3.8) is 0 Å². The molecule has 0 spiro atoms. The second-order valence-electron chi connectivity index (χ2n) is 6.40. The Morgan fingerprint density at radius 2 is 1.97 bits per heavy atom. The highest BCUT2D eigenvalue weighted by atomic mass is 32.2. The van der Waals surface area contributed by atoms with Crippen LogP contribution in [0.25, 0.3) is 0 Å². The van der Waals surface area contributed by atoms with E-state index < -0.39 is 4.92 Å². The second kappa shape index (κ2) is 9.33. The van der Waals surface area contributed by atoms with Crippen LogP contribution >= 0.6 is 11.8 Å². The number of rotatable bonds is 8. The highest BCUT2D eigenvalue weighted by molar-refractivity contribution is 7.99. The molecule has 0 unspecified atom stereocenters. The molecule has 2 aromatic carbocycles. The van der Waals surface area contributed by atoms with E-state index in [4.69, 9.17) is 0 Å². The summed E-state index contributed by atoms with van der Waals surface area (Å²) >= 11 is 1.29. The Morgan fingerprint density at radius 3 is 2.66 bits per heavy atom. The predicted octanol–water partition coefficient (Wildman–Crippen LogP) is 3.84. The van der Waals surface area contributed by atoms with E-state index in [1.54, 1.807) is 19.1 Å². The normalized spacial score (nSPS) is 10.7. The number of nitrogens with zero attached hydrogens (tertiary/aromatic N) is 4. The number of carbonyl (C=O) groups excluding carboxylic acids is 1. The van der Waals surface area contributed by atoms with Gasteiger partial charge in [-0.1, -0.05) is 48.2 Å². The van der Waals surface area contributed by atoms with E-state index in [1.807, 2.05) is 41.8 Å². The molecule has 9 heteroatoms. The number of aromatic nitrogens is 3. The van der Waals surface area contributed by atoms with Crippen LogP contribution in [0.5, 0.6) is 0 Å². The number of thioether (sulfide) groups is 1. The summed E-state index contributed by atoms with van der Waals surface area (Å²) in [6.45, 7) is 4.36. The van der Waals surface area contributed by atoms with Crippen molar-refractivity contribution < 1.29 is 9.72 Å². The van der Waals surface area contributed by atoms with Gasteiger partial charge in [0.05, 0.1) is 10.7 Å². The monoisotopic (exact) mass is 411 g/mol. The van der Waals surface area contributed by atoms with E-state index in [0.717, 1.165) is 11.4 Å². The van der Waals surface area contributed by atoms with Gasteiger partial charge in [-0.2, -0.15) is 0 Å². The molecule has 0 bridgehead atoms. The first-order chi connectivity index (χ1) is 14.0. The number of nitro benzene ring substituents is 1. The topological polar surface area (TPSA) is 103 Å². The molecule has 8 nitrogen and oxygen atoms in total. The molecule has 150 valence electrons. The molecule has 29 heavy (non-hydrogen) atoms. The van der Waals surface area contributed by atoms with Gasteiger partial charge in [0, 0.05) is 30.3 Å². The quantitative estimate of drug-likeness (QED) is 0.343. The number of amides is 1. The molecular weight excluding hydrogens is 390 g/mol. The number of nitrogens with one attached hydrogen (secondary N) is 1. The molecule has 0 aliphatic rings. The second-order valence-corrected chi connectivity index (χ2v) is 7.34. The fraction of sp³-hybridized carbons (Fsp3) is 0.250. The maximum atomic E-state index is 12.3. The molecule has 0 saturated carbocycles. The van der Waals surface area contributed by atoms with Crippen LogP contribution in [-0.2, 0) is 17.8 Å². The van der Waals surface area contributed by atoms with Crippen LogP contribution in [0.15, 0.2) is 53.7 Å². The minimum atomic E-state index is -0.461. The van der Waals surface area contributed by atoms with Gasteiger partial charge in [0.2, 0.25) is 5.91 Å². The van der Waals surface area contributed by atoms with Crippen LogP contribution in [-0.4, -0.2) is 31.3 Å². The standard InChI is InChI=1S/C20H21N5O3S/c1-3-24-18(11-15-7-5-4-6-8-15)22-23-20(24)29-13-19(26)21-16-10-9-14(2)17(12-16)25(27)28/h4-10,12H,3,11,13H2,1-2H3,(H,21,26). The lowest BCUT2D eigenvalue weighted by Crippen LogP contribution is -2.15. The predicted molar refractivity (Wildman–Crippen MR) is 112 cm³/mol. The number of aryl methyl sites for hydroxylation is 1. The van der Waals surface area contributed by atoms with E-state index in [0.29, 0.717) is 29.4 Å². The minimum absolute atomic E-state index is 0.0215. The van der Waals surface area contributed by atoms with E-state index in [2.05, 4.69) is 15.5 Å². The van der Waals surface area contributed by atoms with Crippen molar-refractivity contribution in [1.82, 2.24) is 14.8 Å². The first-order valence-corrected chi connectivity index (χ1v) is 10.1. The van der Waals surface area contributed by atoms with Gasteiger partial charge in [-0.25, -0.2) is 0 Å². The average molecular weight is 411 g/mol. The molecule has 1 heterocycles. The summed E-state index contributed by atoms with van der Waals surface area (Å²) in [5, 5.41) is 22.9. The van der Waals surface area contributed by atoms with Crippen molar-refractivity contribution in [2.75, 3.05) is 11.1 Å². The first kappa shape index (κ1) is 20.5. The summed E-state index contributed by atoms with van der Waals surface area (Å²) in [6.07, 6.45) is 0.668. The van der Waals surface area contributed by atoms with Gasteiger partial charge in [0.15, 0.2) is 5.16 Å². The minimum Gasteiger partial charge on any atom is -0.325 e. The molecule has 0 aliphatic carbocycles. The van der Waals surface area contributed by atoms with E-state index >= 15 is 0 Å². The molecule has 3 rings (SSSR count). The Balaban J connectivity index is 1.63. The van der Waals surface area contributed by atoms with E-state index in [1.165, 1.54) is 17.8 Å². The first-order valence-electron chi connectivity index (χ1n) is 9.11. The zero-order valence-corrected chi connectivity index (χ0v) is 17.0. The third-order valence-electron chi connectivity index (χ3n) is 4.34. The Hall–Kier alpha value is -3.20. The zero-order chi connectivity index (χ0) is 20.8.